The van der Waals surface area contributed by atoms with Crippen molar-refractivity contribution in [2.24, 2.45) is 11.7 Å². The van der Waals surface area contributed by atoms with Crippen LogP contribution in [0, 0.1) is 11.7 Å². The van der Waals surface area contributed by atoms with Crippen LogP contribution in [0.1, 0.15) is 12.8 Å². The van der Waals surface area contributed by atoms with E-state index in [1.807, 2.05) is 4.90 Å². The van der Waals surface area contributed by atoms with Crippen LogP contribution >= 0.6 is 24.8 Å². The Balaban J connectivity index is 0.00000210. The quantitative estimate of drug-likeness (QED) is 0.709. The summed E-state index contributed by atoms with van der Waals surface area (Å²) in [5.74, 6) is -0.309. The van der Waals surface area contributed by atoms with Gasteiger partial charge in [-0.25, -0.2) is 4.39 Å². The van der Waals surface area contributed by atoms with E-state index in [0.29, 0.717) is 45.1 Å². The third-order valence-electron chi connectivity index (χ3n) is 5.24. The van der Waals surface area contributed by atoms with Gasteiger partial charge >= 0.3 is 0 Å². The van der Waals surface area contributed by atoms with Crippen molar-refractivity contribution < 1.29 is 18.7 Å². The molecule has 0 radical (unpaired) electrons. The van der Waals surface area contributed by atoms with E-state index in [1.165, 1.54) is 24.3 Å². The van der Waals surface area contributed by atoms with Gasteiger partial charge in [-0.05, 0) is 43.0 Å². The summed E-state index contributed by atoms with van der Waals surface area (Å²) in [5.41, 5.74) is 6.75. The number of hydrogen-bond donors (Lipinski definition) is 2. The number of hydrogen-bond acceptors (Lipinski definition) is 5. The molecule has 29 heavy (non-hydrogen) atoms. The predicted molar refractivity (Wildman–Crippen MR) is 114 cm³/mol. The summed E-state index contributed by atoms with van der Waals surface area (Å²) in [6.45, 7) is 3.97. The minimum atomic E-state index is -0.470. The molecule has 1 aromatic carbocycles. The minimum absolute atomic E-state index is 0. The van der Waals surface area contributed by atoms with Crippen LogP contribution in [-0.2, 0) is 14.3 Å². The highest BCUT2D eigenvalue weighted by Crippen LogP contribution is 2.19. The van der Waals surface area contributed by atoms with Crippen molar-refractivity contribution >= 4 is 42.3 Å². The molecule has 2 aliphatic rings. The molecule has 10 heteroatoms. The average molecular weight is 451 g/mol. The van der Waals surface area contributed by atoms with E-state index in [9.17, 15) is 14.0 Å². The number of rotatable bonds is 5. The number of amides is 2. The van der Waals surface area contributed by atoms with E-state index in [0.717, 1.165) is 12.8 Å². The number of nitrogens with two attached hydrogens (primary N) is 1. The zero-order valence-corrected chi connectivity index (χ0v) is 17.9. The molecule has 2 amide bonds. The molecule has 0 spiro atoms. The number of anilines is 1. The van der Waals surface area contributed by atoms with E-state index in [2.05, 4.69) is 5.32 Å². The lowest BCUT2D eigenvalue weighted by Gasteiger charge is -2.37. The predicted octanol–water partition coefficient (Wildman–Crippen LogP) is 1.51. The lowest BCUT2D eigenvalue weighted by atomic mass is 9.91. The molecular weight excluding hydrogens is 422 g/mol. The summed E-state index contributed by atoms with van der Waals surface area (Å²) >= 11 is 0. The molecule has 3 N–H and O–H groups in total. The van der Waals surface area contributed by atoms with E-state index in [-0.39, 0.29) is 54.9 Å². The second kappa shape index (κ2) is 12.3. The van der Waals surface area contributed by atoms with Gasteiger partial charge in [-0.1, -0.05) is 0 Å². The van der Waals surface area contributed by atoms with Gasteiger partial charge in [0.05, 0.1) is 12.6 Å². The second-order valence-corrected chi connectivity index (χ2v) is 7.13. The van der Waals surface area contributed by atoms with Crippen molar-refractivity contribution in [3.05, 3.63) is 30.1 Å². The maximum atomic E-state index is 12.9. The SMILES string of the molecule is Cl.Cl.NC(C(=O)N1CCN(CC(=O)Nc2ccc(F)cc2)CC1)C1CCOCC1. The highest BCUT2D eigenvalue weighted by molar-refractivity contribution is 5.92. The first-order valence-electron chi connectivity index (χ1n) is 9.43. The van der Waals surface area contributed by atoms with E-state index < -0.39 is 6.04 Å². The molecule has 1 atom stereocenters. The maximum Gasteiger partial charge on any atom is 0.239 e. The Morgan fingerprint density at radius 1 is 1.10 bits per heavy atom. The topological polar surface area (TPSA) is 87.9 Å². The molecule has 164 valence electrons. The van der Waals surface area contributed by atoms with Gasteiger partial charge in [0.15, 0.2) is 0 Å². The number of halogens is 3. The van der Waals surface area contributed by atoms with Gasteiger partial charge in [0.2, 0.25) is 11.8 Å². The first kappa shape index (κ1) is 25.6. The zero-order valence-electron chi connectivity index (χ0n) is 16.2. The van der Waals surface area contributed by atoms with Crippen molar-refractivity contribution in [2.75, 3.05) is 51.3 Å². The third kappa shape index (κ3) is 7.38. The minimum Gasteiger partial charge on any atom is -0.381 e. The third-order valence-corrected chi connectivity index (χ3v) is 5.24. The Kier molecular flexibility index (Phi) is 10.8. The molecule has 1 unspecified atom stereocenters. The van der Waals surface area contributed by atoms with Crippen LogP contribution in [0.2, 0.25) is 0 Å². The number of ether oxygens (including phenoxy) is 1. The summed E-state index contributed by atoms with van der Waals surface area (Å²) < 4.78 is 18.2. The Morgan fingerprint density at radius 3 is 2.28 bits per heavy atom. The summed E-state index contributed by atoms with van der Waals surface area (Å²) in [5, 5.41) is 2.75. The van der Waals surface area contributed by atoms with Gasteiger partial charge in [0.1, 0.15) is 5.82 Å². The fourth-order valence-electron chi connectivity index (χ4n) is 3.55. The first-order chi connectivity index (χ1) is 13.0. The summed E-state index contributed by atoms with van der Waals surface area (Å²) in [6, 6.07) is 5.20. The highest BCUT2D eigenvalue weighted by Gasteiger charge is 2.31. The number of nitrogens with zero attached hydrogens (tertiary/aromatic N) is 2. The molecule has 0 aromatic heterocycles. The molecule has 2 saturated heterocycles. The number of carbonyl (C=O) groups excluding carboxylic acids is 2. The highest BCUT2D eigenvalue weighted by atomic mass is 35.5. The molecule has 0 saturated carbocycles. The number of nitrogens with one attached hydrogen (secondary N) is 1. The fraction of sp³-hybridized carbons (Fsp3) is 0.579. The maximum absolute atomic E-state index is 12.9. The lowest BCUT2D eigenvalue weighted by Crippen LogP contribution is -2.56. The Bertz CT molecular complexity index is 651. The molecule has 3 rings (SSSR count). The van der Waals surface area contributed by atoms with Gasteiger partial charge in [-0.3, -0.25) is 14.5 Å². The number of benzene rings is 1. The van der Waals surface area contributed by atoms with Gasteiger partial charge in [-0.15, -0.1) is 24.8 Å². The van der Waals surface area contributed by atoms with Crippen LogP contribution in [-0.4, -0.2) is 73.6 Å². The van der Waals surface area contributed by atoms with Crippen molar-refractivity contribution in [3.8, 4) is 0 Å². The molecule has 2 heterocycles. The smallest absolute Gasteiger partial charge is 0.239 e. The summed E-state index contributed by atoms with van der Waals surface area (Å²) in [4.78, 5) is 28.6. The van der Waals surface area contributed by atoms with Crippen LogP contribution in [0.5, 0.6) is 0 Å². The normalized spacial score (nSPS) is 18.9. The fourth-order valence-corrected chi connectivity index (χ4v) is 3.55. The molecular formula is C19H29Cl2FN4O3. The Morgan fingerprint density at radius 2 is 1.69 bits per heavy atom. The van der Waals surface area contributed by atoms with Crippen molar-refractivity contribution in [1.29, 1.82) is 0 Å². The van der Waals surface area contributed by atoms with Gasteiger partial charge in [0, 0.05) is 45.1 Å². The molecule has 0 aliphatic carbocycles. The monoisotopic (exact) mass is 450 g/mol. The van der Waals surface area contributed by atoms with Gasteiger partial charge in [0.25, 0.3) is 0 Å². The van der Waals surface area contributed by atoms with Crippen molar-refractivity contribution in [3.63, 3.8) is 0 Å². The lowest BCUT2D eigenvalue weighted by molar-refractivity contribution is -0.136. The van der Waals surface area contributed by atoms with Crippen molar-refractivity contribution in [1.82, 2.24) is 9.80 Å². The van der Waals surface area contributed by atoms with Gasteiger partial charge < -0.3 is 20.7 Å². The van der Waals surface area contributed by atoms with E-state index in [1.54, 1.807) is 4.90 Å². The standard InChI is InChI=1S/C19H27FN4O3.2ClH/c20-15-1-3-16(4-2-15)22-17(25)13-23-7-9-24(10-8-23)19(26)18(21)14-5-11-27-12-6-14;;/h1-4,14,18H,5-13,21H2,(H,22,25);2*1H. The first-order valence-corrected chi connectivity index (χ1v) is 9.43. The molecule has 1 aromatic rings. The van der Waals surface area contributed by atoms with Crippen LogP contribution in [0.4, 0.5) is 10.1 Å². The van der Waals surface area contributed by atoms with Crippen LogP contribution < -0.4 is 11.1 Å². The van der Waals surface area contributed by atoms with Gasteiger partial charge in [-0.2, -0.15) is 0 Å². The Hall–Kier alpha value is -1.45. The zero-order chi connectivity index (χ0) is 19.2. The van der Waals surface area contributed by atoms with Crippen LogP contribution in [0.25, 0.3) is 0 Å². The number of piperazine rings is 1. The largest absolute Gasteiger partial charge is 0.381 e. The van der Waals surface area contributed by atoms with Crippen LogP contribution in [0.3, 0.4) is 0 Å². The summed E-state index contributed by atoms with van der Waals surface area (Å²) in [7, 11) is 0. The van der Waals surface area contributed by atoms with Crippen LogP contribution in [0.15, 0.2) is 24.3 Å². The van der Waals surface area contributed by atoms with Crippen molar-refractivity contribution in [2.45, 2.75) is 18.9 Å². The summed E-state index contributed by atoms with van der Waals surface area (Å²) in [6.07, 6.45) is 1.66. The molecule has 0 bridgehead atoms. The number of carbonyl (C=O) groups is 2. The molecule has 2 fully saturated rings. The second-order valence-electron chi connectivity index (χ2n) is 7.13. The Labute approximate surface area is 182 Å². The average Bonchev–Trinajstić information content (AvgIpc) is 2.70. The van der Waals surface area contributed by atoms with E-state index >= 15 is 0 Å². The molecule has 2 aliphatic heterocycles. The molecule has 7 nitrogen and oxygen atoms in total. The van der Waals surface area contributed by atoms with E-state index in [4.69, 9.17) is 10.5 Å².